The second-order valence-electron chi connectivity index (χ2n) is 5.77. The Morgan fingerprint density at radius 3 is 2.69 bits per heavy atom. The molecule has 2 aromatic carbocycles. The normalized spacial score (nSPS) is 10.8. The first-order chi connectivity index (χ1) is 13.9. The number of nitrogens with zero attached hydrogens (tertiary/aromatic N) is 2. The number of nitrogens with one attached hydrogen (secondary N) is 2. The molecular weight excluding hydrogens is 555 g/mol. The van der Waals surface area contributed by atoms with E-state index in [4.69, 9.17) is 4.42 Å². The van der Waals surface area contributed by atoms with Gasteiger partial charge >= 0.3 is 0 Å². The molecule has 1 heterocycles. The number of furan rings is 1. The van der Waals surface area contributed by atoms with Crippen LogP contribution in [0.15, 0.2) is 68.6 Å². The van der Waals surface area contributed by atoms with Gasteiger partial charge in [-0.1, -0.05) is 15.9 Å². The number of hydrogen-bond acceptors (Lipinski definition) is 6. The standard InChI is InChI=1S/C19H14BrIN4O4/c20-12-1-7-16(17(9-12)25(27)28)18-8-6-15(29-18)10-23-24-19(26)11-22-14-4-2-13(21)3-5-14/h1-10,22H,11H2,(H,24,26)/b23-10-. The maximum atomic E-state index is 11.9. The summed E-state index contributed by atoms with van der Waals surface area (Å²) >= 11 is 5.42. The summed E-state index contributed by atoms with van der Waals surface area (Å²) in [5.41, 5.74) is 3.49. The number of carbonyl (C=O) groups excluding carboxylic acids is 1. The summed E-state index contributed by atoms with van der Waals surface area (Å²) in [6.45, 7) is 0.0619. The molecular formula is C19H14BrIN4O4. The monoisotopic (exact) mass is 568 g/mol. The van der Waals surface area contributed by atoms with E-state index in [-0.39, 0.29) is 18.1 Å². The summed E-state index contributed by atoms with van der Waals surface area (Å²) in [5.74, 6) is 0.357. The van der Waals surface area contributed by atoms with Crippen LogP contribution in [0, 0.1) is 13.7 Å². The van der Waals surface area contributed by atoms with Crippen LogP contribution >= 0.6 is 38.5 Å². The predicted octanol–water partition coefficient (Wildman–Crippen LogP) is 4.78. The molecule has 0 bridgehead atoms. The van der Waals surface area contributed by atoms with Crippen LogP contribution in [0.5, 0.6) is 0 Å². The highest BCUT2D eigenvalue weighted by atomic mass is 127. The maximum absolute atomic E-state index is 11.9. The summed E-state index contributed by atoms with van der Waals surface area (Å²) in [6, 6.07) is 15.5. The molecule has 0 aliphatic rings. The van der Waals surface area contributed by atoms with Crippen LogP contribution < -0.4 is 10.7 Å². The summed E-state index contributed by atoms with van der Waals surface area (Å²) in [4.78, 5) is 22.6. The van der Waals surface area contributed by atoms with E-state index in [1.807, 2.05) is 24.3 Å². The van der Waals surface area contributed by atoms with Gasteiger partial charge in [0.05, 0.1) is 23.2 Å². The van der Waals surface area contributed by atoms with Crippen LogP contribution in [0.2, 0.25) is 0 Å². The second-order valence-corrected chi connectivity index (χ2v) is 7.94. The number of nitro groups is 1. The highest BCUT2D eigenvalue weighted by Gasteiger charge is 2.18. The Hall–Kier alpha value is -2.73. The number of benzene rings is 2. The Bertz CT molecular complexity index is 1070. The fourth-order valence-electron chi connectivity index (χ4n) is 2.39. The Kier molecular flexibility index (Phi) is 6.99. The number of halogens is 2. The molecule has 0 atom stereocenters. The molecule has 0 aliphatic carbocycles. The van der Waals surface area contributed by atoms with E-state index in [2.05, 4.69) is 54.4 Å². The van der Waals surface area contributed by atoms with E-state index in [0.29, 0.717) is 21.6 Å². The summed E-state index contributed by atoms with van der Waals surface area (Å²) in [5, 5.41) is 18.1. The highest BCUT2D eigenvalue weighted by Crippen LogP contribution is 2.33. The molecule has 0 saturated carbocycles. The molecule has 3 rings (SSSR count). The molecule has 3 aromatic rings. The SMILES string of the molecule is O=C(CNc1ccc(I)cc1)N/N=C\c1ccc(-c2ccc(Br)cc2[N+](=O)[O-])o1. The lowest BCUT2D eigenvalue weighted by Crippen LogP contribution is -2.25. The van der Waals surface area contributed by atoms with Crippen molar-refractivity contribution in [2.24, 2.45) is 5.10 Å². The van der Waals surface area contributed by atoms with E-state index < -0.39 is 4.92 Å². The van der Waals surface area contributed by atoms with Crippen LogP contribution in [-0.2, 0) is 4.79 Å². The molecule has 0 unspecified atom stereocenters. The fourth-order valence-corrected chi connectivity index (χ4v) is 3.10. The molecule has 0 radical (unpaired) electrons. The van der Waals surface area contributed by atoms with Crippen LogP contribution in [0.4, 0.5) is 11.4 Å². The third kappa shape index (κ3) is 5.87. The van der Waals surface area contributed by atoms with Crippen molar-refractivity contribution in [2.75, 3.05) is 11.9 Å². The van der Waals surface area contributed by atoms with E-state index in [9.17, 15) is 14.9 Å². The van der Waals surface area contributed by atoms with E-state index in [1.165, 1.54) is 12.3 Å². The van der Waals surface area contributed by atoms with Gasteiger partial charge in [0, 0.05) is 19.8 Å². The molecule has 0 aliphatic heterocycles. The van der Waals surface area contributed by atoms with Crippen LogP contribution in [-0.4, -0.2) is 23.6 Å². The molecule has 0 saturated heterocycles. The van der Waals surface area contributed by atoms with Crippen molar-refractivity contribution in [1.82, 2.24) is 5.43 Å². The molecule has 1 aromatic heterocycles. The first-order valence-corrected chi connectivity index (χ1v) is 10.1. The third-order valence-electron chi connectivity index (χ3n) is 3.73. The Labute approximate surface area is 187 Å². The van der Waals surface area contributed by atoms with Gasteiger partial charge in [0.25, 0.3) is 11.6 Å². The number of hydrogen-bond donors (Lipinski definition) is 2. The van der Waals surface area contributed by atoms with Crippen LogP contribution in [0.3, 0.4) is 0 Å². The lowest BCUT2D eigenvalue weighted by atomic mass is 10.1. The lowest BCUT2D eigenvalue weighted by Gasteiger charge is -2.04. The number of amides is 1. The zero-order valence-electron chi connectivity index (χ0n) is 14.8. The van der Waals surface area contributed by atoms with Gasteiger partial charge < -0.3 is 9.73 Å². The average Bonchev–Trinajstić information content (AvgIpc) is 3.16. The van der Waals surface area contributed by atoms with Gasteiger partial charge in [-0.15, -0.1) is 0 Å². The van der Waals surface area contributed by atoms with E-state index >= 15 is 0 Å². The summed E-state index contributed by atoms with van der Waals surface area (Å²) < 4.78 is 7.29. The molecule has 148 valence electrons. The number of carbonyl (C=O) groups is 1. The zero-order valence-corrected chi connectivity index (χ0v) is 18.5. The first-order valence-electron chi connectivity index (χ1n) is 8.28. The number of hydrazone groups is 1. The highest BCUT2D eigenvalue weighted by molar-refractivity contribution is 14.1. The average molecular weight is 569 g/mol. The van der Waals surface area contributed by atoms with Crippen molar-refractivity contribution in [2.45, 2.75) is 0 Å². The van der Waals surface area contributed by atoms with E-state index in [0.717, 1.165) is 9.26 Å². The van der Waals surface area contributed by atoms with Gasteiger partial charge in [-0.3, -0.25) is 14.9 Å². The summed E-state index contributed by atoms with van der Waals surface area (Å²) in [6.07, 6.45) is 1.33. The number of nitro benzene ring substituents is 1. The Balaban J connectivity index is 1.59. The molecule has 8 nitrogen and oxygen atoms in total. The van der Waals surface area contributed by atoms with Crippen molar-refractivity contribution in [3.8, 4) is 11.3 Å². The smallest absolute Gasteiger partial charge is 0.281 e. The van der Waals surface area contributed by atoms with E-state index in [1.54, 1.807) is 24.3 Å². The van der Waals surface area contributed by atoms with Crippen molar-refractivity contribution in [1.29, 1.82) is 0 Å². The minimum Gasteiger partial charge on any atom is -0.455 e. The second kappa shape index (κ2) is 9.65. The minimum absolute atomic E-state index is 0.0619. The quantitative estimate of drug-likeness (QED) is 0.184. The first kappa shape index (κ1) is 21.0. The molecule has 29 heavy (non-hydrogen) atoms. The molecule has 0 spiro atoms. The minimum atomic E-state index is -0.475. The van der Waals surface area contributed by atoms with Gasteiger partial charge in [-0.25, -0.2) is 5.43 Å². The maximum Gasteiger partial charge on any atom is 0.281 e. The largest absolute Gasteiger partial charge is 0.455 e. The fraction of sp³-hybridized carbons (Fsp3) is 0.0526. The number of rotatable bonds is 7. The van der Waals surface area contributed by atoms with Gasteiger partial charge in [0.2, 0.25) is 0 Å². The van der Waals surface area contributed by atoms with Crippen molar-refractivity contribution < 1.29 is 14.1 Å². The van der Waals surface area contributed by atoms with Gasteiger partial charge in [0.1, 0.15) is 11.5 Å². The Morgan fingerprint density at radius 1 is 1.21 bits per heavy atom. The predicted molar refractivity (Wildman–Crippen MR) is 122 cm³/mol. The van der Waals surface area contributed by atoms with Crippen LogP contribution in [0.25, 0.3) is 11.3 Å². The topological polar surface area (TPSA) is 110 Å². The molecule has 0 fully saturated rings. The van der Waals surface area contributed by atoms with Crippen LogP contribution in [0.1, 0.15) is 5.76 Å². The Morgan fingerprint density at radius 2 is 1.97 bits per heavy atom. The van der Waals surface area contributed by atoms with Gasteiger partial charge in [0.15, 0.2) is 0 Å². The lowest BCUT2D eigenvalue weighted by molar-refractivity contribution is -0.384. The third-order valence-corrected chi connectivity index (χ3v) is 4.94. The zero-order chi connectivity index (χ0) is 20.8. The number of anilines is 1. The summed E-state index contributed by atoms with van der Waals surface area (Å²) in [7, 11) is 0. The van der Waals surface area contributed by atoms with Crippen molar-refractivity contribution in [3.05, 3.63) is 78.5 Å². The molecule has 1 amide bonds. The van der Waals surface area contributed by atoms with Gasteiger partial charge in [-0.2, -0.15) is 5.10 Å². The van der Waals surface area contributed by atoms with Crippen molar-refractivity contribution >= 4 is 62.0 Å². The van der Waals surface area contributed by atoms with Gasteiger partial charge in [-0.05, 0) is 71.1 Å². The molecule has 2 N–H and O–H groups in total. The molecule has 10 heteroatoms. The van der Waals surface area contributed by atoms with Crippen molar-refractivity contribution in [3.63, 3.8) is 0 Å².